The fourth-order valence-corrected chi connectivity index (χ4v) is 1.73. The van der Waals surface area contributed by atoms with Gasteiger partial charge in [0.05, 0.1) is 13.2 Å². The van der Waals surface area contributed by atoms with Crippen LogP contribution in [0.1, 0.15) is 25.8 Å². The van der Waals surface area contributed by atoms with Gasteiger partial charge in [0.15, 0.2) is 0 Å². The Morgan fingerprint density at radius 2 is 1.52 bits per heavy atom. The normalized spacial score (nSPS) is 10.2. The summed E-state index contributed by atoms with van der Waals surface area (Å²) in [6, 6.07) is 6.33. The van der Waals surface area contributed by atoms with E-state index in [1.165, 1.54) is 12.1 Å². The molecule has 1 aromatic rings. The fraction of sp³-hybridized carbons (Fsp3) is 0.438. The van der Waals surface area contributed by atoms with Crippen LogP contribution in [0.3, 0.4) is 0 Å². The molecule has 7 heteroatoms. The van der Waals surface area contributed by atoms with Crippen molar-refractivity contribution in [1.82, 2.24) is 0 Å². The van der Waals surface area contributed by atoms with Crippen LogP contribution < -0.4 is 0 Å². The van der Waals surface area contributed by atoms with Crippen LogP contribution in [0.2, 0.25) is 0 Å². The number of hydrogen-bond donors (Lipinski definition) is 1. The van der Waals surface area contributed by atoms with Crippen LogP contribution in [0.15, 0.2) is 24.3 Å². The van der Waals surface area contributed by atoms with Crippen LogP contribution in [0.5, 0.6) is 5.75 Å². The van der Waals surface area contributed by atoms with Gasteiger partial charge >= 0.3 is 17.9 Å². The molecule has 0 spiro atoms. The summed E-state index contributed by atoms with van der Waals surface area (Å²) in [4.78, 5) is 35.2. The van der Waals surface area contributed by atoms with Gasteiger partial charge in [-0.1, -0.05) is 12.1 Å². The lowest BCUT2D eigenvalue weighted by atomic mass is 10.1. The highest BCUT2D eigenvalue weighted by Gasteiger charge is 2.33. The van der Waals surface area contributed by atoms with E-state index in [1.54, 1.807) is 26.0 Å². The van der Waals surface area contributed by atoms with Gasteiger partial charge in [-0.25, -0.2) is 9.59 Å². The quantitative estimate of drug-likeness (QED) is 0.438. The van der Waals surface area contributed by atoms with Gasteiger partial charge in [0.1, 0.15) is 5.75 Å². The molecule has 23 heavy (non-hydrogen) atoms. The SMILES string of the molecule is CCOC(=O)C(OC(=O)CCc1ccc(O)cc1)C(=O)OCC. The first kappa shape index (κ1) is 18.5. The minimum absolute atomic E-state index is 0.0277. The van der Waals surface area contributed by atoms with Crippen molar-refractivity contribution in [3.63, 3.8) is 0 Å². The van der Waals surface area contributed by atoms with Gasteiger partial charge in [-0.3, -0.25) is 4.79 Å². The number of carbonyl (C=O) groups is 3. The number of aromatic hydroxyl groups is 1. The third-order valence-electron chi connectivity index (χ3n) is 2.80. The van der Waals surface area contributed by atoms with E-state index in [0.29, 0.717) is 6.42 Å². The van der Waals surface area contributed by atoms with E-state index in [-0.39, 0.29) is 25.4 Å². The summed E-state index contributed by atoms with van der Waals surface area (Å²) in [5.74, 6) is -2.50. The number of benzene rings is 1. The van der Waals surface area contributed by atoms with Crippen LogP contribution in [-0.2, 0) is 35.0 Å². The minimum atomic E-state index is -1.71. The predicted molar refractivity (Wildman–Crippen MR) is 79.6 cm³/mol. The van der Waals surface area contributed by atoms with Crippen molar-refractivity contribution in [1.29, 1.82) is 0 Å². The van der Waals surface area contributed by atoms with Crippen molar-refractivity contribution in [2.24, 2.45) is 0 Å². The average molecular weight is 324 g/mol. The lowest BCUT2D eigenvalue weighted by molar-refractivity contribution is -0.180. The molecule has 1 N–H and O–H groups in total. The number of phenols is 1. The summed E-state index contributed by atoms with van der Waals surface area (Å²) in [6.07, 6.45) is -1.39. The van der Waals surface area contributed by atoms with Crippen LogP contribution in [-0.4, -0.2) is 42.3 Å². The Kier molecular flexibility index (Phi) is 7.59. The average Bonchev–Trinajstić information content (AvgIpc) is 2.52. The van der Waals surface area contributed by atoms with Crippen molar-refractivity contribution in [2.75, 3.05) is 13.2 Å². The Bertz CT molecular complexity index is 518. The Balaban J connectivity index is 2.59. The molecule has 0 amide bonds. The minimum Gasteiger partial charge on any atom is -0.508 e. The smallest absolute Gasteiger partial charge is 0.359 e. The zero-order valence-electron chi connectivity index (χ0n) is 13.1. The second kappa shape index (κ2) is 9.45. The molecule has 0 aromatic heterocycles. The lowest BCUT2D eigenvalue weighted by Gasteiger charge is -2.15. The molecule has 0 atom stereocenters. The van der Waals surface area contributed by atoms with Gasteiger partial charge in [0, 0.05) is 6.42 Å². The molecular formula is C16H20O7. The number of hydrogen-bond acceptors (Lipinski definition) is 7. The molecule has 0 aliphatic carbocycles. The van der Waals surface area contributed by atoms with Crippen molar-refractivity contribution < 1.29 is 33.7 Å². The van der Waals surface area contributed by atoms with E-state index in [9.17, 15) is 19.5 Å². The van der Waals surface area contributed by atoms with E-state index in [2.05, 4.69) is 0 Å². The molecule has 0 heterocycles. The summed E-state index contributed by atoms with van der Waals surface area (Å²) in [5.41, 5.74) is 0.809. The van der Waals surface area contributed by atoms with Gasteiger partial charge in [-0.2, -0.15) is 0 Å². The van der Waals surface area contributed by atoms with Crippen molar-refractivity contribution in [3.05, 3.63) is 29.8 Å². The molecule has 126 valence electrons. The highest BCUT2D eigenvalue weighted by molar-refractivity contribution is 5.99. The number of aryl methyl sites for hydroxylation is 1. The van der Waals surface area contributed by atoms with Gasteiger partial charge in [-0.05, 0) is 38.0 Å². The van der Waals surface area contributed by atoms with Crippen LogP contribution in [0.4, 0.5) is 0 Å². The molecule has 0 bridgehead atoms. The summed E-state index contributed by atoms with van der Waals surface area (Å²) in [6.45, 7) is 3.26. The molecule has 1 rings (SSSR count). The van der Waals surface area contributed by atoms with Crippen LogP contribution in [0.25, 0.3) is 0 Å². The Morgan fingerprint density at radius 3 is 2.00 bits per heavy atom. The maximum Gasteiger partial charge on any atom is 0.359 e. The zero-order chi connectivity index (χ0) is 17.2. The maximum absolute atomic E-state index is 11.8. The number of rotatable bonds is 8. The van der Waals surface area contributed by atoms with E-state index in [0.717, 1.165) is 5.56 Å². The van der Waals surface area contributed by atoms with Gasteiger partial charge in [0.25, 0.3) is 6.10 Å². The van der Waals surface area contributed by atoms with Gasteiger partial charge in [-0.15, -0.1) is 0 Å². The molecule has 0 saturated carbocycles. The third kappa shape index (κ3) is 6.37. The summed E-state index contributed by atoms with van der Waals surface area (Å²) in [7, 11) is 0. The first-order valence-electron chi connectivity index (χ1n) is 7.28. The van der Waals surface area contributed by atoms with Gasteiger partial charge < -0.3 is 19.3 Å². The van der Waals surface area contributed by atoms with Crippen molar-refractivity contribution in [2.45, 2.75) is 32.8 Å². The number of esters is 3. The topological polar surface area (TPSA) is 99.1 Å². The maximum atomic E-state index is 11.8. The van der Waals surface area contributed by atoms with Crippen molar-refractivity contribution >= 4 is 17.9 Å². The van der Waals surface area contributed by atoms with Crippen LogP contribution >= 0.6 is 0 Å². The molecular weight excluding hydrogens is 304 g/mol. The first-order valence-corrected chi connectivity index (χ1v) is 7.28. The monoisotopic (exact) mass is 324 g/mol. The molecule has 0 aliphatic heterocycles. The molecule has 1 aromatic carbocycles. The number of carbonyl (C=O) groups excluding carboxylic acids is 3. The molecule has 0 aliphatic rings. The second-order valence-corrected chi connectivity index (χ2v) is 4.54. The standard InChI is InChI=1S/C16H20O7/c1-3-21-15(19)14(16(20)22-4-2)23-13(18)10-7-11-5-8-12(17)9-6-11/h5-6,8-9,14,17H,3-4,7,10H2,1-2H3. The largest absolute Gasteiger partial charge is 0.508 e. The highest BCUT2D eigenvalue weighted by atomic mass is 16.6. The van der Waals surface area contributed by atoms with Crippen LogP contribution in [0, 0.1) is 0 Å². The van der Waals surface area contributed by atoms with E-state index < -0.39 is 24.0 Å². The van der Waals surface area contributed by atoms with Crippen molar-refractivity contribution in [3.8, 4) is 5.75 Å². The third-order valence-corrected chi connectivity index (χ3v) is 2.80. The second-order valence-electron chi connectivity index (χ2n) is 4.54. The van der Waals surface area contributed by atoms with E-state index >= 15 is 0 Å². The Morgan fingerprint density at radius 1 is 1.00 bits per heavy atom. The molecule has 0 radical (unpaired) electrons. The molecule has 0 saturated heterocycles. The number of ether oxygens (including phenoxy) is 3. The molecule has 7 nitrogen and oxygen atoms in total. The van der Waals surface area contributed by atoms with Gasteiger partial charge in [0.2, 0.25) is 0 Å². The van der Waals surface area contributed by atoms with E-state index in [4.69, 9.17) is 14.2 Å². The summed E-state index contributed by atoms with van der Waals surface area (Å²) < 4.78 is 14.3. The predicted octanol–water partition coefficient (Wildman–Crippen LogP) is 1.36. The fourth-order valence-electron chi connectivity index (χ4n) is 1.73. The Labute approximate surface area is 134 Å². The Hall–Kier alpha value is -2.57. The summed E-state index contributed by atoms with van der Waals surface area (Å²) >= 11 is 0. The van der Waals surface area contributed by atoms with E-state index in [1.807, 2.05) is 0 Å². The number of phenolic OH excluding ortho intramolecular Hbond substituents is 1. The highest BCUT2D eigenvalue weighted by Crippen LogP contribution is 2.12. The first-order chi connectivity index (χ1) is 11.0. The lowest BCUT2D eigenvalue weighted by Crippen LogP contribution is -2.38. The molecule has 0 unspecified atom stereocenters. The summed E-state index contributed by atoms with van der Waals surface area (Å²) in [5, 5.41) is 9.18. The molecule has 0 fully saturated rings. The zero-order valence-corrected chi connectivity index (χ0v) is 13.1.